The zero-order valence-corrected chi connectivity index (χ0v) is 12.3. The third-order valence-corrected chi connectivity index (χ3v) is 3.01. The fourth-order valence-corrected chi connectivity index (χ4v) is 2.17. The van der Waals surface area contributed by atoms with Gasteiger partial charge in [-0.05, 0) is 26.7 Å². The van der Waals surface area contributed by atoms with Crippen molar-refractivity contribution in [1.29, 1.82) is 0 Å². The van der Waals surface area contributed by atoms with E-state index >= 15 is 0 Å². The molecule has 20 heavy (non-hydrogen) atoms. The van der Waals surface area contributed by atoms with Crippen LogP contribution in [-0.2, 0) is 0 Å². The first kappa shape index (κ1) is 14.6. The van der Waals surface area contributed by atoms with Crippen molar-refractivity contribution in [3.8, 4) is 0 Å². The zero-order valence-electron chi connectivity index (χ0n) is 12.3. The van der Waals surface area contributed by atoms with Crippen molar-refractivity contribution >= 4 is 17.3 Å². The van der Waals surface area contributed by atoms with E-state index in [1.54, 1.807) is 13.1 Å². The van der Waals surface area contributed by atoms with E-state index in [0.29, 0.717) is 6.42 Å². The van der Waals surface area contributed by atoms with Crippen LogP contribution in [0.1, 0.15) is 33.6 Å². The monoisotopic (exact) mass is 277 g/mol. The molecule has 0 saturated heterocycles. The maximum absolute atomic E-state index is 9.45. The summed E-state index contributed by atoms with van der Waals surface area (Å²) in [5.41, 5.74) is 0.796. The molecule has 0 aromatic carbocycles. The van der Waals surface area contributed by atoms with Crippen LogP contribution in [0.25, 0.3) is 5.65 Å². The molecule has 110 valence electrons. The van der Waals surface area contributed by atoms with Crippen LogP contribution >= 0.6 is 0 Å². The van der Waals surface area contributed by atoms with E-state index in [1.165, 1.54) is 0 Å². The quantitative estimate of drug-likeness (QED) is 0.723. The number of fused-ring (bicyclic) bond motifs is 1. The second kappa shape index (κ2) is 6.56. The summed E-state index contributed by atoms with van der Waals surface area (Å²) in [6.07, 6.45) is 6.97. The molecule has 0 bridgehead atoms. The molecule has 2 rings (SSSR count). The van der Waals surface area contributed by atoms with Gasteiger partial charge in [0.05, 0.1) is 12.3 Å². The zero-order chi connectivity index (χ0) is 14.5. The Morgan fingerprint density at radius 1 is 1.40 bits per heavy atom. The number of aliphatic hydroxyl groups is 1. The summed E-state index contributed by atoms with van der Waals surface area (Å²) in [6, 6.07) is 0.129. The Balaban J connectivity index is 2.22. The summed E-state index contributed by atoms with van der Waals surface area (Å²) in [5.74, 6) is 1.56. The van der Waals surface area contributed by atoms with Gasteiger partial charge in [-0.15, -0.1) is 0 Å². The number of aromatic nitrogens is 3. The Labute approximate surface area is 119 Å². The maximum atomic E-state index is 9.45. The highest BCUT2D eigenvalue weighted by Crippen LogP contribution is 2.18. The molecule has 0 saturated carbocycles. The molecule has 0 amide bonds. The Hall–Kier alpha value is -1.82. The molecule has 2 unspecified atom stereocenters. The van der Waals surface area contributed by atoms with Gasteiger partial charge in [0.25, 0.3) is 0 Å². The van der Waals surface area contributed by atoms with Crippen molar-refractivity contribution < 1.29 is 5.11 Å². The largest absolute Gasteiger partial charge is 0.393 e. The standard InChI is InChI=1S/C14H23N5O/c1-4-5-15-12-9-19-7-6-16-14(19)13(18-12)17-10(2)8-11(3)20/h6-7,9-11,15,20H,4-5,8H2,1-3H3,(H,17,18). The van der Waals surface area contributed by atoms with E-state index in [4.69, 9.17) is 0 Å². The molecule has 0 aliphatic rings. The second-order valence-corrected chi connectivity index (χ2v) is 5.19. The van der Waals surface area contributed by atoms with Crippen LogP contribution in [0, 0.1) is 0 Å². The van der Waals surface area contributed by atoms with Gasteiger partial charge in [0, 0.05) is 25.0 Å². The van der Waals surface area contributed by atoms with E-state index in [1.807, 2.05) is 23.7 Å². The average Bonchev–Trinajstić information content (AvgIpc) is 2.83. The molecule has 2 atom stereocenters. The summed E-state index contributed by atoms with van der Waals surface area (Å²) < 4.78 is 1.95. The van der Waals surface area contributed by atoms with E-state index in [0.717, 1.165) is 30.2 Å². The van der Waals surface area contributed by atoms with Crippen LogP contribution in [-0.4, -0.2) is 38.2 Å². The number of nitrogens with zero attached hydrogens (tertiary/aromatic N) is 3. The lowest BCUT2D eigenvalue weighted by Gasteiger charge is -2.17. The minimum Gasteiger partial charge on any atom is -0.393 e. The van der Waals surface area contributed by atoms with Crippen molar-refractivity contribution in [3.05, 3.63) is 18.6 Å². The number of hydrogen-bond donors (Lipinski definition) is 3. The predicted molar refractivity (Wildman–Crippen MR) is 81.2 cm³/mol. The summed E-state index contributed by atoms with van der Waals surface area (Å²) in [7, 11) is 0. The Morgan fingerprint density at radius 2 is 2.20 bits per heavy atom. The molecule has 2 aromatic heterocycles. The molecule has 3 N–H and O–H groups in total. The topological polar surface area (TPSA) is 74.5 Å². The van der Waals surface area contributed by atoms with E-state index in [2.05, 4.69) is 27.5 Å². The van der Waals surface area contributed by atoms with Crippen molar-refractivity contribution in [1.82, 2.24) is 14.4 Å². The van der Waals surface area contributed by atoms with E-state index < -0.39 is 0 Å². The number of nitrogens with one attached hydrogen (secondary N) is 2. The first-order valence-electron chi connectivity index (χ1n) is 7.12. The molecule has 2 heterocycles. The summed E-state index contributed by atoms with van der Waals surface area (Å²) in [5, 5.41) is 16.1. The van der Waals surface area contributed by atoms with Gasteiger partial charge >= 0.3 is 0 Å². The van der Waals surface area contributed by atoms with Gasteiger partial charge in [0.15, 0.2) is 11.5 Å². The SMILES string of the molecule is CCCNc1cn2ccnc2c(NC(C)CC(C)O)n1. The number of imidazole rings is 1. The minimum atomic E-state index is -0.338. The summed E-state index contributed by atoms with van der Waals surface area (Å²) >= 11 is 0. The van der Waals surface area contributed by atoms with Crippen LogP contribution in [0.2, 0.25) is 0 Å². The third-order valence-electron chi connectivity index (χ3n) is 3.01. The van der Waals surface area contributed by atoms with Crippen molar-refractivity contribution in [2.75, 3.05) is 17.2 Å². The highest BCUT2D eigenvalue weighted by molar-refractivity contribution is 5.65. The lowest BCUT2D eigenvalue weighted by Crippen LogP contribution is -2.22. The lowest BCUT2D eigenvalue weighted by atomic mass is 10.1. The van der Waals surface area contributed by atoms with Crippen LogP contribution in [0.5, 0.6) is 0 Å². The van der Waals surface area contributed by atoms with Crippen molar-refractivity contribution in [3.63, 3.8) is 0 Å². The molecule has 0 fully saturated rings. The van der Waals surface area contributed by atoms with Crippen molar-refractivity contribution in [2.24, 2.45) is 0 Å². The molecular weight excluding hydrogens is 254 g/mol. The molecule has 0 aliphatic carbocycles. The Morgan fingerprint density at radius 3 is 2.90 bits per heavy atom. The van der Waals surface area contributed by atoms with Gasteiger partial charge in [-0.25, -0.2) is 9.97 Å². The lowest BCUT2D eigenvalue weighted by molar-refractivity contribution is 0.179. The van der Waals surface area contributed by atoms with Gasteiger partial charge in [-0.1, -0.05) is 6.92 Å². The highest BCUT2D eigenvalue weighted by Gasteiger charge is 2.11. The van der Waals surface area contributed by atoms with Crippen LogP contribution < -0.4 is 10.6 Å². The van der Waals surface area contributed by atoms with Crippen LogP contribution in [0.3, 0.4) is 0 Å². The normalized spacial score (nSPS) is 14.2. The van der Waals surface area contributed by atoms with E-state index in [-0.39, 0.29) is 12.1 Å². The fourth-order valence-electron chi connectivity index (χ4n) is 2.17. The van der Waals surface area contributed by atoms with Gasteiger partial charge in [0.2, 0.25) is 0 Å². The predicted octanol–water partition coefficient (Wildman–Crippen LogP) is 2.12. The maximum Gasteiger partial charge on any atom is 0.180 e. The molecule has 0 aliphatic heterocycles. The minimum absolute atomic E-state index is 0.129. The average molecular weight is 277 g/mol. The molecule has 0 radical (unpaired) electrons. The molecule has 6 nitrogen and oxygen atoms in total. The summed E-state index contributed by atoms with van der Waals surface area (Å²) in [6.45, 7) is 6.82. The molecule has 6 heteroatoms. The number of aliphatic hydroxyl groups excluding tert-OH is 1. The van der Waals surface area contributed by atoms with Gasteiger partial charge < -0.3 is 20.1 Å². The van der Waals surface area contributed by atoms with Crippen LogP contribution in [0.4, 0.5) is 11.6 Å². The third kappa shape index (κ3) is 3.60. The second-order valence-electron chi connectivity index (χ2n) is 5.19. The molecular formula is C14H23N5O. The molecule has 0 spiro atoms. The van der Waals surface area contributed by atoms with E-state index in [9.17, 15) is 5.11 Å². The summed E-state index contributed by atoms with van der Waals surface area (Å²) in [4.78, 5) is 8.89. The number of anilines is 2. The van der Waals surface area contributed by atoms with Gasteiger partial charge in [-0.3, -0.25) is 0 Å². The van der Waals surface area contributed by atoms with Gasteiger partial charge in [0.1, 0.15) is 5.82 Å². The first-order valence-corrected chi connectivity index (χ1v) is 7.12. The van der Waals surface area contributed by atoms with Crippen molar-refractivity contribution in [2.45, 2.75) is 45.8 Å². The molecule has 2 aromatic rings. The Bertz CT molecular complexity index is 551. The highest BCUT2D eigenvalue weighted by atomic mass is 16.3. The number of hydrogen-bond acceptors (Lipinski definition) is 5. The van der Waals surface area contributed by atoms with Gasteiger partial charge in [-0.2, -0.15) is 0 Å². The van der Waals surface area contributed by atoms with Crippen LogP contribution in [0.15, 0.2) is 18.6 Å². The first-order chi connectivity index (χ1) is 9.60. The fraction of sp³-hybridized carbons (Fsp3) is 0.571. The smallest absolute Gasteiger partial charge is 0.180 e. The Kier molecular flexibility index (Phi) is 4.79. The number of rotatable bonds is 7.